The Morgan fingerprint density at radius 1 is 1.16 bits per heavy atom. The zero-order chi connectivity index (χ0) is 17.5. The third-order valence-corrected chi connectivity index (χ3v) is 4.58. The molecule has 1 aliphatic heterocycles. The highest BCUT2D eigenvalue weighted by Gasteiger charge is 2.14. The smallest absolute Gasteiger partial charge is 0.270 e. The van der Waals surface area contributed by atoms with Crippen molar-refractivity contribution in [3.8, 4) is 5.75 Å². The van der Waals surface area contributed by atoms with Gasteiger partial charge in [0, 0.05) is 37.1 Å². The number of aromatic nitrogens is 1. The van der Waals surface area contributed by atoms with Crippen molar-refractivity contribution in [3.05, 3.63) is 53.9 Å². The lowest BCUT2D eigenvalue weighted by molar-refractivity contribution is 0.0945. The van der Waals surface area contributed by atoms with Gasteiger partial charge in [-0.3, -0.25) is 9.78 Å². The second-order valence-electron chi connectivity index (χ2n) is 6.30. The van der Waals surface area contributed by atoms with Gasteiger partial charge in [0.15, 0.2) is 0 Å². The number of nitrogens with one attached hydrogen (secondary N) is 1. The Morgan fingerprint density at radius 3 is 2.68 bits per heavy atom. The molecule has 2 aromatic rings. The first-order valence-corrected chi connectivity index (χ1v) is 8.89. The number of carbonyl (C=O) groups is 1. The van der Waals surface area contributed by atoms with Crippen LogP contribution in [0.2, 0.25) is 0 Å². The second-order valence-corrected chi connectivity index (χ2v) is 6.30. The predicted octanol–water partition coefficient (Wildman–Crippen LogP) is 3.40. The molecule has 0 radical (unpaired) electrons. The summed E-state index contributed by atoms with van der Waals surface area (Å²) < 4.78 is 5.32. The first-order valence-electron chi connectivity index (χ1n) is 8.89. The van der Waals surface area contributed by atoms with Gasteiger partial charge >= 0.3 is 0 Å². The summed E-state index contributed by atoms with van der Waals surface area (Å²) in [6.45, 7) is 2.51. The van der Waals surface area contributed by atoms with Crippen LogP contribution in [0, 0.1) is 0 Å². The van der Waals surface area contributed by atoms with Crippen LogP contribution >= 0.6 is 0 Å². The maximum Gasteiger partial charge on any atom is 0.270 e. The van der Waals surface area contributed by atoms with Gasteiger partial charge < -0.3 is 15.0 Å². The van der Waals surface area contributed by atoms with Crippen molar-refractivity contribution in [2.75, 3.05) is 25.1 Å². The van der Waals surface area contributed by atoms with Gasteiger partial charge in [0.25, 0.3) is 5.91 Å². The molecule has 1 fully saturated rings. The van der Waals surface area contributed by atoms with Crippen molar-refractivity contribution in [1.29, 1.82) is 0 Å². The van der Waals surface area contributed by atoms with E-state index in [9.17, 15) is 4.79 Å². The molecule has 3 rings (SSSR count). The lowest BCUT2D eigenvalue weighted by Gasteiger charge is -2.22. The van der Waals surface area contributed by atoms with Gasteiger partial charge in [-0.05, 0) is 31.0 Å². The predicted molar refractivity (Wildman–Crippen MR) is 99.1 cm³/mol. The molecule has 0 saturated carbocycles. The van der Waals surface area contributed by atoms with E-state index in [1.165, 1.54) is 25.7 Å². The largest absolute Gasteiger partial charge is 0.496 e. The molecule has 1 saturated heterocycles. The monoisotopic (exact) mass is 339 g/mol. The number of nitrogens with zero attached hydrogens (tertiary/aromatic N) is 2. The Bertz CT molecular complexity index is 710. The van der Waals surface area contributed by atoms with E-state index >= 15 is 0 Å². The van der Waals surface area contributed by atoms with Gasteiger partial charge in [0.05, 0.1) is 7.11 Å². The molecule has 2 heterocycles. The molecule has 1 aromatic heterocycles. The molecule has 0 bridgehead atoms. The van der Waals surface area contributed by atoms with E-state index in [4.69, 9.17) is 4.74 Å². The van der Waals surface area contributed by atoms with Crippen LogP contribution in [0.5, 0.6) is 5.75 Å². The Kier molecular flexibility index (Phi) is 5.88. The number of benzene rings is 1. The first kappa shape index (κ1) is 17.3. The Hall–Kier alpha value is -2.56. The molecule has 5 nitrogen and oxygen atoms in total. The minimum Gasteiger partial charge on any atom is -0.496 e. The van der Waals surface area contributed by atoms with Crippen LogP contribution in [0.1, 0.15) is 41.7 Å². The number of anilines is 1. The van der Waals surface area contributed by atoms with Crippen LogP contribution in [-0.4, -0.2) is 31.1 Å². The number of hydrogen-bond donors (Lipinski definition) is 1. The minimum atomic E-state index is -0.164. The Balaban J connectivity index is 1.66. The van der Waals surface area contributed by atoms with Crippen molar-refractivity contribution in [2.45, 2.75) is 32.2 Å². The van der Waals surface area contributed by atoms with Gasteiger partial charge in [-0.15, -0.1) is 0 Å². The Morgan fingerprint density at radius 2 is 1.92 bits per heavy atom. The van der Waals surface area contributed by atoms with Crippen LogP contribution < -0.4 is 15.0 Å². The normalized spacial score (nSPS) is 14.7. The molecule has 0 unspecified atom stereocenters. The fourth-order valence-electron chi connectivity index (χ4n) is 3.18. The first-order chi connectivity index (χ1) is 12.3. The summed E-state index contributed by atoms with van der Waals surface area (Å²) in [6.07, 6.45) is 6.70. The van der Waals surface area contributed by atoms with E-state index in [2.05, 4.69) is 15.2 Å². The average molecular weight is 339 g/mol. The molecule has 132 valence electrons. The van der Waals surface area contributed by atoms with E-state index in [1.54, 1.807) is 13.3 Å². The number of methoxy groups -OCH3 is 1. The van der Waals surface area contributed by atoms with E-state index in [0.717, 1.165) is 30.1 Å². The van der Waals surface area contributed by atoms with Gasteiger partial charge in [-0.1, -0.05) is 31.0 Å². The lowest BCUT2D eigenvalue weighted by Crippen LogP contribution is -2.26. The van der Waals surface area contributed by atoms with Crippen molar-refractivity contribution in [3.63, 3.8) is 0 Å². The molecule has 1 aliphatic rings. The fraction of sp³-hybridized carbons (Fsp3) is 0.400. The number of pyridine rings is 1. The summed E-state index contributed by atoms with van der Waals surface area (Å²) in [6, 6.07) is 11.6. The molecule has 0 spiro atoms. The minimum absolute atomic E-state index is 0.164. The number of amides is 1. The topological polar surface area (TPSA) is 54.5 Å². The third-order valence-electron chi connectivity index (χ3n) is 4.58. The fourth-order valence-corrected chi connectivity index (χ4v) is 3.18. The molecule has 1 aromatic carbocycles. The standard InChI is InChI=1S/C20H25N3O2/c1-25-19-9-5-4-8-16(19)15-22-20(24)18-14-17(10-11-21-18)23-12-6-2-3-7-13-23/h4-5,8-11,14H,2-3,6-7,12-13,15H2,1H3,(H,22,24). The summed E-state index contributed by atoms with van der Waals surface area (Å²) in [5.41, 5.74) is 2.48. The zero-order valence-electron chi connectivity index (χ0n) is 14.7. The quantitative estimate of drug-likeness (QED) is 0.907. The third kappa shape index (κ3) is 4.50. The molecule has 0 atom stereocenters. The SMILES string of the molecule is COc1ccccc1CNC(=O)c1cc(N2CCCCCC2)ccn1. The Labute approximate surface area is 149 Å². The summed E-state index contributed by atoms with van der Waals surface area (Å²) in [5, 5.41) is 2.93. The molecule has 5 heteroatoms. The summed E-state index contributed by atoms with van der Waals surface area (Å²) in [7, 11) is 1.63. The second kappa shape index (κ2) is 8.51. The average Bonchev–Trinajstić information content (AvgIpc) is 2.96. The van der Waals surface area contributed by atoms with Crippen LogP contribution in [0.15, 0.2) is 42.6 Å². The maximum atomic E-state index is 12.5. The van der Waals surface area contributed by atoms with E-state index in [1.807, 2.05) is 36.4 Å². The number of para-hydroxylation sites is 1. The van der Waals surface area contributed by atoms with Crippen LogP contribution in [-0.2, 0) is 6.54 Å². The zero-order valence-corrected chi connectivity index (χ0v) is 14.7. The maximum absolute atomic E-state index is 12.5. The molecular weight excluding hydrogens is 314 g/mol. The molecule has 1 N–H and O–H groups in total. The molecule has 25 heavy (non-hydrogen) atoms. The summed E-state index contributed by atoms with van der Waals surface area (Å²) in [4.78, 5) is 19.1. The molecule has 1 amide bonds. The lowest BCUT2D eigenvalue weighted by atomic mass is 10.2. The van der Waals surface area contributed by atoms with Crippen molar-refractivity contribution >= 4 is 11.6 Å². The highest BCUT2D eigenvalue weighted by atomic mass is 16.5. The number of rotatable bonds is 5. The van der Waals surface area contributed by atoms with Crippen LogP contribution in [0.3, 0.4) is 0 Å². The van der Waals surface area contributed by atoms with Crippen molar-refractivity contribution in [2.24, 2.45) is 0 Å². The van der Waals surface area contributed by atoms with Crippen LogP contribution in [0.4, 0.5) is 5.69 Å². The van der Waals surface area contributed by atoms with E-state index in [0.29, 0.717) is 12.2 Å². The van der Waals surface area contributed by atoms with Crippen molar-refractivity contribution in [1.82, 2.24) is 10.3 Å². The van der Waals surface area contributed by atoms with E-state index < -0.39 is 0 Å². The number of ether oxygens (including phenoxy) is 1. The highest BCUT2D eigenvalue weighted by molar-refractivity contribution is 5.93. The number of carbonyl (C=O) groups excluding carboxylic acids is 1. The number of hydrogen-bond acceptors (Lipinski definition) is 4. The van der Waals surface area contributed by atoms with Gasteiger partial charge in [0.1, 0.15) is 11.4 Å². The van der Waals surface area contributed by atoms with Gasteiger partial charge in [-0.2, -0.15) is 0 Å². The van der Waals surface area contributed by atoms with Gasteiger partial charge in [-0.25, -0.2) is 0 Å². The highest BCUT2D eigenvalue weighted by Crippen LogP contribution is 2.20. The molecular formula is C20H25N3O2. The van der Waals surface area contributed by atoms with Gasteiger partial charge in [0.2, 0.25) is 0 Å². The van der Waals surface area contributed by atoms with Crippen LogP contribution in [0.25, 0.3) is 0 Å². The van der Waals surface area contributed by atoms with E-state index in [-0.39, 0.29) is 5.91 Å². The summed E-state index contributed by atoms with van der Waals surface area (Å²) in [5.74, 6) is 0.608. The summed E-state index contributed by atoms with van der Waals surface area (Å²) >= 11 is 0. The van der Waals surface area contributed by atoms with Crippen molar-refractivity contribution < 1.29 is 9.53 Å². The molecule has 0 aliphatic carbocycles.